The quantitative estimate of drug-likeness (QED) is 0.514. The van der Waals surface area contributed by atoms with E-state index in [0.29, 0.717) is 24.7 Å². The number of nitrogen functional groups attached to an aromatic ring is 1. The van der Waals surface area contributed by atoms with E-state index in [1.54, 1.807) is 12.1 Å². The lowest BCUT2D eigenvalue weighted by atomic mass is 10.2. The maximum Gasteiger partial charge on any atom is 0.353 e. The van der Waals surface area contributed by atoms with Crippen molar-refractivity contribution >= 4 is 34.9 Å². The summed E-state index contributed by atoms with van der Waals surface area (Å²) in [5.74, 6) is 0.405. The highest BCUT2D eigenvalue weighted by Gasteiger charge is 2.29. The Bertz CT molecular complexity index is 792. The number of nitro groups is 1. The van der Waals surface area contributed by atoms with Gasteiger partial charge in [-0.05, 0) is 17.7 Å². The van der Waals surface area contributed by atoms with Crippen molar-refractivity contribution < 1.29 is 9.82 Å². The Morgan fingerprint density at radius 2 is 1.96 bits per heavy atom. The minimum absolute atomic E-state index is 0.134. The molecule has 2 heterocycles. The number of anilines is 3. The first kappa shape index (κ1) is 18.2. The minimum atomic E-state index is -0.515. The van der Waals surface area contributed by atoms with E-state index in [2.05, 4.69) is 22.3 Å². The van der Waals surface area contributed by atoms with Crippen LogP contribution in [0, 0.1) is 10.1 Å². The van der Waals surface area contributed by atoms with Gasteiger partial charge in [-0.25, -0.2) is 0 Å². The predicted molar refractivity (Wildman–Crippen MR) is 101 cm³/mol. The average Bonchev–Trinajstić information content (AvgIpc) is 2.61. The molecule has 1 aliphatic heterocycles. The average molecular weight is 379 g/mol. The van der Waals surface area contributed by atoms with Crippen LogP contribution < -0.4 is 20.9 Å². The molecule has 1 saturated heterocycles. The van der Waals surface area contributed by atoms with Gasteiger partial charge in [0.2, 0.25) is 17.6 Å². The summed E-state index contributed by atoms with van der Waals surface area (Å²) >= 11 is 5.88. The maximum absolute atomic E-state index is 11.5. The third kappa shape index (κ3) is 4.12. The number of likely N-dealkylation sites (N-methyl/N-ethyl adjacent to an activating group) is 1. The van der Waals surface area contributed by atoms with Crippen LogP contribution in [0.15, 0.2) is 24.3 Å². The van der Waals surface area contributed by atoms with Crippen molar-refractivity contribution in [3.8, 4) is 0 Å². The molecule has 26 heavy (non-hydrogen) atoms. The first-order chi connectivity index (χ1) is 12.4. The third-order valence-corrected chi connectivity index (χ3v) is 4.61. The molecule has 9 nitrogen and oxygen atoms in total. The van der Waals surface area contributed by atoms with Crippen LogP contribution in [0.3, 0.4) is 0 Å². The molecule has 0 amide bonds. The zero-order valence-electron chi connectivity index (χ0n) is 14.4. The zero-order chi connectivity index (χ0) is 18.7. The molecule has 1 aromatic heterocycles. The van der Waals surface area contributed by atoms with E-state index in [9.17, 15) is 10.1 Å². The van der Waals surface area contributed by atoms with Crippen LogP contribution >= 0.6 is 11.6 Å². The monoisotopic (exact) mass is 378 g/mol. The highest BCUT2D eigenvalue weighted by Crippen LogP contribution is 2.32. The van der Waals surface area contributed by atoms with Gasteiger partial charge in [0.25, 0.3) is 0 Å². The zero-order valence-corrected chi connectivity index (χ0v) is 15.2. The summed E-state index contributed by atoms with van der Waals surface area (Å²) < 4.78 is 0. The lowest BCUT2D eigenvalue weighted by molar-refractivity contribution is -0.880. The van der Waals surface area contributed by atoms with Crippen molar-refractivity contribution in [2.75, 3.05) is 49.2 Å². The van der Waals surface area contributed by atoms with Gasteiger partial charge in [0.15, 0.2) is 0 Å². The number of hydrogen-bond donors (Lipinski definition) is 3. The second-order valence-corrected chi connectivity index (χ2v) is 6.72. The van der Waals surface area contributed by atoms with Crippen LogP contribution in [0.5, 0.6) is 0 Å². The van der Waals surface area contributed by atoms with E-state index in [1.807, 2.05) is 17.0 Å². The fourth-order valence-corrected chi connectivity index (χ4v) is 2.94. The summed E-state index contributed by atoms with van der Waals surface area (Å²) in [6.07, 6.45) is 0. The van der Waals surface area contributed by atoms with Crippen LogP contribution in [0.1, 0.15) is 5.56 Å². The Morgan fingerprint density at radius 3 is 2.58 bits per heavy atom. The van der Waals surface area contributed by atoms with Gasteiger partial charge >= 0.3 is 5.69 Å². The van der Waals surface area contributed by atoms with E-state index in [1.165, 1.54) is 4.90 Å². The molecule has 0 radical (unpaired) electrons. The lowest BCUT2D eigenvalue weighted by Crippen LogP contribution is -3.12. The summed E-state index contributed by atoms with van der Waals surface area (Å²) in [6.45, 7) is 3.59. The first-order valence-electron chi connectivity index (χ1n) is 8.30. The van der Waals surface area contributed by atoms with Crippen molar-refractivity contribution in [2.45, 2.75) is 6.54 Å². The molecule has 138 valence electrons. The van der Waals surface area contributed by atoms with Gasteiger partial charge in [-0.15, -0.1) is 0 Å². The number of quaternary nitrogens is 1. The summed E-state index contributed by atoms with van der Waals surface area (Å²) in [7, 11) is 2.10. The molecular formula is C16H21ClN7O2+. The largest absolute Gasteiger partial charge is 0.378 e. The van der Waals surface area contributed by atoms with Crippen LogP contribution in [0.25, 0.3) is 0 Å². The number of nitrogens with two attached hydrogens (primary N) is 1. The van der Waals surface area contributed by atoms with Gasteiger partial charge in [0.05, 0.1) is 38.2 Å². The fraction of sp³-hybridized carbons (Fsp3) is 0.375. The fourth-order valence-electron chi connectivity index (χ4n) is 2.82. The van der Waals surface area contributed by atoms with Crippen LogP contribution in [0.4, 0.5) is 23.3 Å². The molecule has 2 aromatic rings. The summed E-state index contributed by atoms with van der Waals surface area (Å²) in [6, 6.07) is 7.35. The Balaban J connectivity index is 1.84. The summed E-state index contributed by atoms with van der Waals surface area (Å²) in [5.41, 5.74) is 6.61. The van der Waals surface area contributed by atoms with E-state index in [-0.39, 0.29) is 23.3 Å². The van der Waals surface area contributed by atoms with Crippen LogP contribution in [-0.2, 0) is 6.54 Å². The van der Waals surface area contributed by atoms with Crippen LogP contribution in [-0.4, -0.2) is 48.1 Å². The van der Waals surface area contributed by atoms with Crippen molar-refractivity contribution in [3.63, 3.8) is 0 Å². The van der Waals surface area contributed by atoms with Crippen molar-refractivity contribution in [1.82, 2.24) is 9.97 Å². The topological polar surface area (TPSA) is 115 Å². The molecule has 0 bridgehead atoms. The molecule has 4 N–H and O–H groups in total. The number of hydrogen-bond acceptors (Lipinski definition) is 7. The Kier molecular flexibility index (Phi) is 5.38. The lowest BCUT2D eigenvalue weighted by Gasteiger charge is -2.30. The number of rotatable bonds is 5. The molecule has 10 heteroatoms. The Hall–Kier alpha value is -2.65. The summed E-state index contributed by atoms with van der Waals surface area (Å²) in [4.78, 5) is 22.7. The molecule has 3 rings (SSSR count). The Morgan fingerprint density at radius 1 is 1.31 bits per heavy atom. The number of nitrogens with zero attached hydrogens (tertiary/aromatic N) is 4. The summed E-state index contributed by atoms with van der Waals surface area (Å²) in [5, 5.41) is 15.2. The standard InChI is InChI=1S/C16H20ClN7O2/c1-22-6-8-23(9-7-22)15-13(24(25)26)14(18)20-16(21-15)19-10-11-2-4-12(17)5-3-11/h2-5H,6-10H2,1H3,(H3,18,19,20,21)/p+1. The van der Waals surface area contributed by atoms with Gasteiger partial charge in [-0.2, -0.15) is 9.97 Å². The Labute approximate surface area is 155 Å². The smallest absolute Gasteiger partial charge is 0.353 e. The molecule has 1 aliphatic rings. The molecule has 1 fully saturated rings. The van der Waals surface area contributed by atoms with E-state index < -0.39 is 4.92 Å². The van der Waals surface area contributed by atoms with E-state index in [0.717, 1.165) is 18.7 Å². The van der Waals surface area contributed by atoms with E-state index in [4.69, 9.17) is 17.3 Å². The number of nitrogens with one attached hydrogen (secondary N) is 2. The van der Waals surface area contributed by atoms with Gasteiger partial charge in [-0.1, -0.05) is 23.7 Å². The van der Waals surface area contributed by atoms with E-state index >= 15 is 0 Å². The van der Waals surface area contributed by atoms with Gasteiger partial charge in [0.1, 0.15) is 0 Å². The second kappa shape index (κ2) is 7.71. The second-order valence-electron chi connectivity index (χ2n) is 6.29. The minimum Gasteiger partial charge on any atom is -0.378 e. The first-order valence-corrected chi connectivity index (χ1v) is 8.68. The molecule has 0 aliphatic carbocycles. The number of aromatic nitrogens is 2. The van der Waals surface area contributed by atoms with Crippen molar-refractivity contribution in [2.24, 2.45) is 0 Å². The van der Waals surface area contributed by atoms with Gasteiger partial charge < -0.3 is 20.9 Å². The third-order valence-electron chi connectivity index (χ3n) is 4.36. The highest BCUT2D eigenvalue weighted by molar-refractivity contribution is 6.30. The number of benzene rings is 1. The normalized spacial score (nSPS) is 15.1. The maximum atomic E-state index is 11.5. The predicted octanol–water partition coefficient (Wildman–Crippen LogP) is 0.567. The molecule has 0 atom stereocenters. The number of halogens is 1. The van der Waals surface area contributed by atoms with Gasteiger partial charge in [-0.3, -0.25) is 10.1 Å². The van der Waals surface area contributed by atoms with Crippen molar-refractivity contribution in [1.29, 1.82) is 0 Å². The van der Waals surface area contributed by atoms with Crippen molar-refractivity contribution in [3.05, 3.63) is 45.0 Å². The molecule has 0 spiro atoms. The van der Waals surface area contributed by atoms with Crippen LogP contribution in [0.2, 0.25) is 5.02 Å². The SMILES string of the molecule is C[NH+]1CCN(c2nc(NCc3ccc(Cl)cc3)nc(N)c2[N+](=O)[O-])CC1. The van der Waals surface area contributed by atoms with Gasteiger partial charge in [0, 0.05) is 11.6 Å². The number of piperazine rings is 1. The molecule has 0 saturated carbocycles. The molecule has 0 unspecified atom stereocenters. The molecule has 1 aromatic carbocycles. The highest BCUT2D eigenvalue weighted by atomic mass is 35.5. The molecular weight excluding hydrogens is 358 g/mol.